The van der Waals surface area contributed by atoms with E-state index in [1.54, 1.807) is 35.2 Å². The number of ether oxygens (including phenoxy) is 1. The molecule has 1 aliphatic heterocycles. The van der Waals surface area contributed by atoms with Crippen molar-refractivity contribution in [3.05, 3.63) is 36.9 Å². The summed E-state index contributed by atoms with van der Waals surface area (Å²) in [6.45, 7) is 1.65. The molecule has 0 saturated carbocycles. The van der Waals surface area contributed by atoms with Gasteiger partial charge in [-0.15, -0.1) is 0 Å². The summed E-state index contributed by atoms with van der Waals surface area (Å²) < 4.78 is 6.84. The van der Waals surface area contributed by atoms with Gasteiger partial charge in [-0.1, -0.05) is 0 Å². The third kappa shape index (κ3) is 4.14. The number of hydrogen-bond donors (Lipinski definition) is 1. The van der Waals surface area contributed by atoms with E-state index < -0.39 is 0 Å². The Kier molecular flexibility index (Phi) is 5.27. The van der Waals surface area contributed by atoms with E-state index in [0.717, 1.165) is 17.9 Å². The van der Waals surface area contributed by atoms with Crippen LogP contribution < -0.4 is 15.0 Å². The van der Waals surface area contributed by atoms with E-state index in [1.165, 1.54) is 6.33 Å². The number of benzene rings is 1. The summed E-state index contributed by atoms with van der Waals surface area (Å²) in [5.41, 5.74) is 0.785. The van der Waals surface area contributed by atoms with Gasteiger partial charge in [0.15, 0.2) is 0 Å². The topological polar surface area (TPSA) is 89.3 Å². The van der Waals surface area contributed by atoms with Crippen molar-refractivity contribution >= 4 is 17.5 Å². The molecule has 1 fully saturated rings. The number of aromatic nitrogens is 3. The number of methoxy groups -OCH3 is 1. The summed E-state index contributed by atoms with van der Waals surface area (Å²) in [6, 6.07) is 7.27. The van der Waals surface area contributed by atoms with Gasteiger partial charge in [-0.05, 0) is 30.7 Å². The first kappa shape index (κ1) is 16.9. The lowest BCUT2D eigenvalue weighted by molar-refractivity contribution is -0.126. The van der Waals surface area contributed by atoms with Gasteiger partial charge in [-0.25, -0.2) is 4.98 Å². The predicted molar refractivity (Wildman–Crippen MR) is 91.1 cm³/mol. The SMILES string of the molecule is COc1ccc(N2CC(C(=O)NCCCn3cncn3)CC2=O)cc1. The van der Waals surface area contributed by atoms with Crippen LogP contribution in [0.2, 0.25) is 0 Å². The molecule has 0 spiro atoms. The maximum absolute atomic E-state index is 12.3. The molecule has 25 heavy (non-hydrogen) atoms. The molecule has 132 valence electrons. The van der Waals surface area contributed by atoms with E-state index in [9.17, 15) is 9.59 Å². The van der Waals surface area contributed by atoms with E-state index in [4.69, 9.17) is 4.74 Å². The maximum atomic E-state index is 12.3. The fourth-order valence-electron chi connectivity index (χ4n) is 2.84. The van der Waals surface area contributed by atoms with Crippen LogP contribution in [0.15, 0.2) is 36.9 Å². The molecule has 1 atom stereocenters. The van der Waals surface area contributed by atoms with Crippen LogP contribution in [0.4, 0.5) is 5.69 Å². The molecule has 1 aromatic carbocycles. The molecule has 2 amide bonds. The van der Waals surface area contributed by atoms with E-state index in [-0.39, 0.29) is 24.2 Å². The predicted octanol–water partition coefficient (Wildman–Crippen LogP) is 0.846. The molecule has 1 aromatic heterocycles. The zero-order valence-electron chi connectivity index (χ0n) is 14.1. The van der Waals surface area contributed by atoms with Gasteiger partial charge in [-0.3, -0.25) is 14.3 Å². The normalized spacial score (nSPS) is 16.9. The Labute approximate surface area is 145 Å². The van der Waals surface area contributed by atoms with Gasteiger partial charge in [0.05, 0.1) is 13.0 Å². The Bertz CT molecular complexity index is 714. The first-order valence-corrected chi connectivity index (χ1v) is 8.22. The Morgan fingerprint density at radius 2 is 2.16 bits per heavy atom. The van der Waals surface area contributed by atoms with Crippen molar-refractivity contribution in [2.24, 2.45) is 5.92 Å². The quantitative estimate of drug-likeness (QED) is 0.753. The number of nitrogens with one attached hydrogen (secondary N) is 1. The third-order valence-corrected chi connectivity index (χ3v) is 4.21. The number of aryl methyl sites for hydroxylation is 1. The number of anilines is 1. The second kappa shape index (κ2) is 7.78. The first-order chi connectivity index (χ1) is 12.2. The van der Waals surface area contributed by atoms with Crippen molar-refractivity contribution in [1.82, 2.24) is 20.1 Å². The standard InChI is InChI=1S/C17H21N5O3/c1-25-15-5-3-14(4-6-15)22-10-13(9-16(22)23)17(24)19-7-2-8-21-12-18-11-20-21/h3-6,11-13H,2,7-10H2,1H3,(H,19,24). The lowest BCUT2D eigenvalue weighted by Crippen LogP contribution is -2.33. The van der Waals surface area contributed by atoms with E-state index in [1.807, 2.05) is 12.1 Å². The average Bonchev–Trinajstić information content (AvgIpc) is 3.28. The smallest absolute Gasteiger partial charge is 0.227 e. The van der Waals surface area contributed by atoms with Crippen molar-refractivity contribution in [2.75, 3.05) is 25.1 Å². The lowest BCUT2D eigenvalue weighted by Gasteiger charge is -2.17. The van der Waals surface area contributed by atoms with Crippen LogP contribution in [0.1, 0.15) is 12.8 Å². The van der Waals surface area contributed by atoms with Crippen LogP contribution in [0.5, 0.6) is 5.75 Å². The Balaban J connectivity index is 1.48. The summed E-state index contributed by atoms with van der Waals surface area (Å²) in [6.07, 6.45) is 4.12. The summed E-state index contributed by atoms with van der Waals surface area (Å²) in [7, 11) is 1.60. The van der Waals surface area contributed by atoms with Gasteiger partial charge >= 0.3 is 0 Å². The molecule has 1 unspecified atom stereocenters. The van der Waals surface area contributed by atoms with Gasteiger partial charge in [0, 0.05) is 31.7 Å². The molecular formula is C17H21N5O3. The average molecular weight is 343 g/mol. The molecule has 2 heterocycles. The summed E-state index contributed by atoms with van der Waals surface area (Å²) in [5.74, 6) is 0.300. The molecule has 1 saturated heterocycles. The number of nitrogens with zero attached hydrogens (tertiary/aromatic N) is 4. The molecule has 1 aliphatic rings. The fraction of sp³-hybridized carbons (Fsp3) is 0.412. The number of rotatable bonds is 7. The number of carbonyl (C=O) groups is 2. The molecule has 2 aromatic rings. The largest absolute Gasteiger partial charge is 0.497 e. The Hall–Kier alpha value is -2.90. The minimum atomic E-state index is -0.319. The monoisotopic (exact) mass is 343 g/mol. The highest BCUT2D eigenvalue weighted by Gasteiger charge is 2.34. The van der Waals surface area contributed by atoms with Crippen molar-refractivity contribution in [1.29, 1.82) is 0 Å². The van der Waals surface area contributed by atoms with Crippen molar-refractivity contribution in [2.45, 2.75) is 19.4 Å². The molecule has 3 rings (SSSR count). The van der Waals surface area contributed by atoms with Crippen LogP contribution in [0.3, 0.4) is 0 Å². The molecule has 0 bridgehead atoms. The fourth-order valence-corrected chi connectivity index (χ4v) is 2.84. The molecule has 8 heteroatoms. The summed E-state index contributed by atoms with van der Waals surface area (Å²) in [5, 5.41) is 6.91. The van der Waals surface area contributed by atoms with Gasteiger partial charge in [-0.2, -0.15) is 5.10 Å². The van der Waals surface area contributed by atoms with Crippen molar-refractivity contribution < 1.29 is 14.3 Å². The zero-order valence-corrected chi connectivity index (χ0v) is 14.1. The first-order valence-electron chi connectivity index (χ1n) is 8.22. The van der Waals surface area contributed by atoms with Gasteiger partial charge in [0.2, 0.25) is 11.8 Å². The second-order valence-corrected chi connectivity index (χ2v) is 5.91. The van der Waals surface area contributed by atoms with Crippen molar-refractivity contribution in [3.8, 4) is 5.75 Å². The number of hydrogen-bond acceptors (Lipinski definition) is 5. The van der Waals surface area contributed by atoms with E-state index >= 15 is 0 Å². The minimum Gasteiger partial charge on any atom is -0.497 e. The van der Waals surface area contributed by atoms with Gasteiger partial charge in [0.1, 0.15) is 18.4 Å². The number of carbonyl (C=O) groups excluding carboxylic acids is 2. The number of amides is 2. The van der Waals surface area contributed by atoms with E-state index in [0.29, 0.717) is 19.6 Å². The molecule has 0 radical (unpaired) electrons. The lowest BCUT2D eigenvalue weighted by atomic mass is 10.1. The second-order valence-electron chi connectivity index (χ2n) is 5.91. The molecule has 1 N–H and O–H groups in total. The summed E-state index contributed by atoms with van der Waals surface area (Å²) in [4.78, 5) is 30.0. The van der Waals surface area contributed by atoms with Gasteiger partial charge in [0.25, 0.3) is 0 Å². The summed E-state index contributed by atoms with van der Waals surface area (Å²) >= 11 is 0. The van der Waals surface area contributed by atoms with E-state index in [2.05, 4.69) is 15.4 Å². The molecular weight excluding hydrogens is 322 g/mol. The Morgan fingerprint density at radius 3 is 2.84 bits per heavy atom. The highest BCUT2D eigenvalue weighted by molar-refractivity contribution is 6.00. The van der Waals surface area contributed by atoms with Crippen LogP contribution in [0, 0.1) is 5.92 Å². The zero-order chi connectivity index (χ0) is 17.6. The third-order valence-electron chi connectivity index (χ3n) is 4.21. The van der Waals surface area contributed by atoms with Crippen LogP contribution in [-0.2, 0) is 16.1 Å². The Morgan fingerprint density at radius 1 is 1.36 bits per heavy atom. The van der Waals surface area contributed by atoms with Gasteiger partial charge < -0.3 is 15.0 Å². The van der Waals surface area contributed by atoms with Crippen LogP contribution >= 0.6 is 0 Å². The van der Waals surface area contributed by atoms with Crippen LogP contribution in [0.25, 0.3) is 0 Å². The van der Waals surface area contributed by atoms with Crippen molar-refractivity contribution in [3.63, 3.8) is 0 Å². The maximum Gasteiger partial charge on any atom is 0.227 e. The highest BCUT2D eigenvalue weighted by Crippen LogP contribution is 2.26. The van der Waals surface area contributed by atoms with Crippen LogP contribution in [-0.4, -0.2) is 46.8 Å². The molecule has 8 nitrogen and oxygen atoms in total. The minimum absolute atomic E-state index is 0.0343. The molecule has 0 aliphatic carbocycles. The highest BCUT2D eigenvalue weighted by atomic mass is 16.5.